The van der Waals surface area contributed by atoms with Gasteiger partial charge < -0.3 is 4.57 Å². The Morgan fingerprint density at radius 1 is 0.436 bits per heavy atom. The Labute approximate surface area is 318 Å². The van der Waals surface area contributed by atoms with Gasteiger partial charge >= 0.3 is 0 Å². The van der Waals surface area contributed by atoms with Crippen LogP contribution in [0.5, 0.6) is 0 Å². The molecule has 260 valence electrons. The normalized spacial score (nSPS) is 13.1. The number of fused-ring (bicyclic) bond motifs is 9. The van der Waals surface area contributed by atoms with Crippen molar-refractivity contribution < 1.29 is 0 Å². The van der Waals surface area contributed by atoms with E-state index in [1.807, 2.05) is 36.4 Å². The van der Waals surface area contributed by atoms with Crippen LogP contribution in [0.2, 0.25) is 0 Å². The second-order valence-electron chi connectivity index (χ2n) is 14.9. The Balaban J connectivity index is 1.34. The lowest BCUT2D eigenvalue weighted by molar-refractivity contribution is 0.666. The molecule has 0 bridgehead atoms. The lowest BCUT2D eigenvalue weighted by Crippen LogP contribution is -2.14. The van der Waals surface area contributed by atoms with E-state index < -0.39 is 0 Å². The SMILES string of the molecule is CC1(C)c2ccccc2-c2c1c1ccc3c4cc(-c5ccccc5)ccc4n(-c4nc(-c5ccccc5)nc(-c5ccccc5)n4)c3c1n2-c1ccccc1. The van der Waals surface area contributed by atoms with Gasteiger partial charge in [0, 0.05) is 44.0 Å². The summed E-state index contributed by atoms with van der Waals surface area (Å²) in [7, 11) is 0. The van der Waals surface area contributed by atoms with Gasteiger partial charge in [-0.15, -0.1) is 0 Å². The average molecular weight is 706 g/mol. The van der Waals surface area contributed by atoms with Gasteiger partial charge in [0.05, 0.1) is 22.2 Å². The first-order valence-corrected chi connectivity index (χ1v) is 18.8. The molecule has 10 aromatic rings. The third-order valence-corrected chi connectivity index (χ3v) is 11.3. The summed E-state index contributed by atoms with van der Waals surface area (Å²) in [5.74, 6) is 1.83. The van der Waals surface area contributed by atoms with Gasteiger partial charge in [-0.25, -0.2) is 4.98 Å². The molecule has 0 unspecified atom stereocenters. The van der Waals surface area contributed by atoms with E-state index in [9.17, 15) is 0 Å². The molecule has 0 amide bonds. The molecule has 7 aromatic carbocycles. The fourth-order valence-electron chi connectivity index (χ4n) is 8.88. The van der Waals surface area contributed by atoms with Gasteiger partial charge in [-0.1, -0.05) is 166 Å². The Hall–Kier alpha value is -7.11. The third-order valence-electron chi connectivity index (χ3n) is 11.3. The molecule has 11 rings (SSSR count). The molecule has 1 aliphatic rings. The first-order valence-electron chi connectivity index (χ1n) is 18.8. The van der Waals surface area contributed by atoms with Gasteiger partial charge in [0.2, 0.25) is 5.95 Å². The van der Waals surface area contributed by atoms with Crippen molar-refractivity contribution in [1.82, 2.24) is 24.1 Å². The van der Waals surface area contributed by atoms with E-state index in [-0.39, 0.29) is 5.41 Å². The van der Waals surface area contributed by atoms with Crippen LogP contribution < -0.4 is 0 Å². The van der Waals surface area contributed by atoms with Crippen LogP contribution in [0.1, 0.15) is 25.0 Å². The standard InChI is InChI=1S/C50H35N5/c1-50(2)41-26-16-15-25-38(41)44-43(50)39-29-28-37-40-31-35(32-17-7-3-8-18-32)27-30-42(40)55(45(37)46(39)54(44)36-23-13-6-14-24-36)49-52-47(33-19-9-4-10-20-33)51-48(53-49)34-21-11-5-12-22-34/h3-31H,1-2H3. The highest BCUT2D eigenvalue weighted by molar-refractivity contribution is 6.20. The number of hydrogen-bond donors (Lipinski definition) is 0. The maximum atomic E-state index is 5.32. The van der Waals surface area contributed by atoms with Crippen LogP contribution in [0.25, 0.3) is 89.5 Å². The fourth-order valence-corrected chi connectivity index (χ4v) is 8.88. The number of hydrogen-bond acceptors (Lipinski definition) is 3. The minimum absolute atomic E-state index is 0.219. The van der Waals surface area contributed by atoms with Crippen molar-refractivity contribution in [3.05, 3.63) is 187 Å². The van der Waals surface area contributed by atoms with Crippen molar-refractivity contribution in [2.45, 2.75) is 19.3 Å². The molecule has 1 aliphatic carbocycles. The molecule has 3 heterocycles. The molecule has 55 heavy (non-hydrogen) atoms. The lowest BCUT2D eigenvalue weighted by Gasteiger charge is -2.21. The van der Waals surface area contributed by atoms with Crippen molar-refractivity contribution in [1.29, 1.82) is 0 Å². The van der Waals surface area contributed by atoms with Crippen LogP contribution >= 0.6 is 0 Å². The average Bonchev–Trinajstić information content (AvgIpc) is 3.86. The summed E-state index contributed by atoms with van der Waals surface area (Å²) in [4.78, 5) is 15.7. The summed E-state index contributed by atoms with van der Waals surface area (Å²) in [6.07, 6.45) is 0. The number of aromatic nitrogens is 5. The van der Waals surface area contributed by atoms with Crippen LogP contribution in [0, 0.1) is 0 Å². The van der Waals surface area contributed by atoms with Gasteiger partial charge in [0.1, 0.15) is 0 Å². The van der Waals surface area contributed by atoms with Crippen LogP contribution in [-0.2, 0) is 5.41 Å². The minimum atomic E-state index is -0.219. The van der Waals surface area contributed by atoms with Crippen molar-refractivity contribution in [2.75, 3.05) is 0 Å². The molecule has 0 saturated heterocycles. The second kappa shape index (κ2) is 12.0. The first-order chi connectivity index (χ1) is 27.1. The van der Waals surface area contributed by atoms with Gasteiger partial charge in [-0.3, -0.25) is 4.57 Å². The van der Waals surface area contributed by atoms with E-state index in [0.29, 0.717) is 17.6 Å². The highest BCUT2D eigenvalue weighted by atomic mass is 15.2. The van der Waals surface area contributed by atoms with Gasteiger partial charge in [-0.2, -0.15) is 9.97 Å². The molecule has 5 nitrogen and oxygen atoms in total. The summed E-state index contributed by atoms with van der Waals surface area (Å²) in [5, 5.41) is 3.50. The molecule has 0 N–H and O–H groups in total. The van der Waals surface area contributed by atoms with Crippen LogP contribution in [-0.4, -0.2) is 24.1 Å². The van der Waals surface area contributed by atoms with E-state index in [1.165, 1.54) is 33.3 Å². The largest absolute Gasteiger partial charge is 0.307 e. The summed E-state index contributed by atoms with van der Waals surface area (Å²) in [6, 6.07) is 62.2. The van der Waals surface area contributed by atoms with E-state index in [0.717, 1.165) is 49.7 Å². The van der Waals surface area contributed by atoms with Crippen molar-refractivity contribution in [2.24, 2.45) is 0 Å². The Bertz CT molecular complexity index is 3030. The topological polar surface area (TPSA) is 48.5 Å². The molecule has 5 heteroatoms. The van der Waals surface area contributed by atoms with Crippen molar-refractivity contribution in [3.8, 4) is 56.8 Å². The molecular formula is C50H35N5. The Morgan fingerprint density at radius 2 is 0.982 bits per heavy atom. The molecule has 0 spiro atoms. The molecule has 3 aromatic heterocycles. The Morgan fingerprint density at radius 3 is 1.64 bits per heavy atom. The number of para-hydroxylation sites is 1. The predicted octanol–water partition coefficient (Wildman–Crippen LogP) is 12.2. The quantitative estimate of drug-likeness (QED) is 0.179. The first kappa shape index (κ1) is 31.4. The van der Waals surface area contributed by atoms with Crippen LogP contribution in [0.15, 0.2) is 176 Å². The number of nitrogens with zero attached hydrogens (tertiary/aromatic N) is 5. The summed E-state index contributed by atoms with van der Waals surface area (Å²) in [6.45, 7) is 4.73. The molecule has 0 radical (unpaired) electrons. The summed E-state index contributed by atoms with van der Waals surface area (Å²) < 4.78 is 4.78. The lowest BCUT2D eigenvalue weighted by atomic mass is 9.81. The zero-order valence-corrected chi connectivity index (χ0v) is 30.5. The maximum Gasteiger partial charge on any atom is 0.238 e. The third kappa shape index (κ3) is 4.69. The maximum absolute atomic E-state index is 5.32. The molecule has 0 saturated carbocycles. The zero-order chi connectivity index (χ0) is 36.7. The number of benzene rings is 7. The monoisotopic (exact) mass is 705 g/mol. The summed E-state index contributed by atoms with van der Waals surface area (Å²) in [5.41, 5.74) is 13.5. The molecule has 0 aliphatic heterocycles. The minimum Gasteiger partial charge on any atom is -0.307 e. The Kier molecular flexibility index (Phi) is 6.83. The van der Waals surface area contributed by atoms with E-state index >= 15 is 0 Å². The van der Waals surface area contributed by atoms with E-state index in [4.69, 9.17) is 15.0 Å². The highest BCUT2D eigenvalue weighted by Crippen LogP contribution is 2.55. The van der Waals surface area contributed by atoms with E-state index in [2.05, 4.69) is 163 Å². The van der Waals surface area contributed by atoms with Gasteiger partial charge in [0.15, 0.2) is 11.6 Å². The highest BCUT2D eigenvalue weighted by Gasteiger charge is 2.41. The molecule has 0 fully saturated rings. The summed E-state index contributed by atoms with van der Waals surface area (Å²) >= 11 is 0. The van der Waals surface area contributed by atoms with Crippen LogP contribution in [0.3, 0.4) is 0 Å². The van der Waals surface area contributed by atoms with Gasteiger partial charge in [0.25, 0.3) is 0 Å². The smallest absolute Gasteiger partial charge is 0.238 e. The number of rotatable bonds is 5. The van der Waals surface area contributed by atoms with Crippen LogP contribution in [0.4, 0.5) is 0 Å². The molecular weight excluding hydrogens is 671 g/mol. The molecule has 0 atom stereocenters. The van der Waals surface area contributed by atoms with E-state index in [1.54, 1.807) is 0 Å². The second-order valence-corrected chi connectivity index (χ2v) is 14.9. The zero-order valence-electron chi connectivity index (χ0n) is 30.5. The predicted molar refractivity (Wildman–Crippen MR) is 225 cm³/mol. The van der Waals surface area contributed by atoms with Crippen molar-refractivity contribution in [3.63, 3.8) is 0 Å². The van der Waals surface area contributed by atoms with Crippen molar-refractivity contribution >= 4 is 32.7 Å². The fraction of sp³-hybridized carbons (Fsp3) is 0.0600. The van der Waals surface area contributed by atoms with Gasteiger partial charge in [-0.05, 0) is 46.5 Å².